The van der Waals surface area contributed by atoms with Gasteiger partial charge in [-0.15, -0.1) is 0 Å². The van der Waals surface area contributed by atoms with Crippen molar-refractivity contribution in [1.29, 1.82) is 0 Å². The largest absolute Gasteiger partial charge is 0.470 e. The Morgan fingerprint density at radius 1 is 1.26 bits per heavy atom. The molecular formula is C15H11BrN4O2S. The zero-order chi connectivity index (χ0) is 15.8. The number of carbonyl (C=O) groups is 1. The molecule has 1 aliphatic heterocycles. The van der Waals surface area contributed by atoms with Gasteiger partial charge in [-0.1, -0.05) is 0 Å². The van der Waals surface area contributed by atoms with Crippen LogP contribution in [0.4, 0.5) is 0 Å². The summed E-state index contributed by atoms with van der Waals surface area (Å²) in [5, 5.41) is 0. The predicted molar refractivity (Wildman–Crippen MR) is 89.7 cm³/mol. The summed E-state index contributed by atoms with van der Waals surface area (Å²) in [5.41, 5.74) is 2.20. The van der Waals surface area contributed by atoms with E-state index in [0.717, 1.165) is 27.2 Å². The van der Waals surface area contributed by atoms with Crippen LogP contribution in [0.25, 0.3) is 11.0 Å². The summed E-state index contributed by atoms with van der Waals surface area (Å²) in [6, 6.07) is 9.10. The van der Waals surface area contributed by atoms with E-state index >= 15 is 0 Å². The van der Waals surface area contributed by atoms with Crippen molar-refractivity contribution in [2.45, 2.75) is 6.10 Å². The second-order valence-corrected chi connectivity index (χ2v) is 6.59. The van der Waals surface area contributed by atoms with Gasteiger partial charge in [0.25, 0.3) is 5.91 Å². The van der Waals surface area contributed by atoms with Gasteiger partial charge in [0.2, 0.25) is 5.88 Å². The molecule has 23 heavy (non-hydrogen) atoms. The lowest BCUT2D eigenvalue weighted by molar-refractivity contribution is 0.0157. The minimum atomic E-state index is -0.0326. The highest BCUT2D eigenvalue weighted by atomic mass is 79.9. The summed E-state index contributed by atoms with van der Waals surface area (Å²) in [6.45, 7) is 1.10. The molecule has 0 unspecified atom stereocenters. The third-order valence-corrected chi connectivity index (χ3v) is 4.80. The fourth-order valence-electron chi connectivity index (χ4n) is 2.39. The number of hydrogen-bond donors (Lipinski definition) is 0. The second kappa shape index (κ2) is 5.86. The summed E-state index contributed by atoms with van der Waals surface area (Å²) >= 11 is 4.55. The summed E-state index contributed by atoms with van der Waals surface area (Å²) in [7, 11) is 0. The number of hydrogen-bond acceptors (Lipinski definition) is 6. The van der Waals surface area contributed by atoms with Crippen LogP contribution in [0.1, 0.15) is 10.4 Å². The Hall–Kier alpha value is -2.06. The monoisotopic (exact) mass is 390 g/mol. The second-order valence-electron chi connectivity index (χ2n) is 5.21. The number of ether oxygens (including phenoxy) is 1. The molecule has 0 aliphatic carbocycles. The van der Waals surface area contributed by atoms with E-state index in [1.165, 1.54) is 0 Å². The van der Waals surface area contributed by atoms with Crippen LogP contribution < -0.4 is 4.74 Å². The lowest BCUT2D eigenvalue weighted by Gasteiger charge is -2.38. The number of rotatable bonds is 3. The molecule has 0 bridgehead atoms. The highest BCUT2D eigenvalue weighted by molar-refractivity contribution is 9.10. The summed E-state index contributed by atoms with van der Waals surface area (Å²) in [6.07, 6.45) is 1.65. The van der Waals surface area contributed by atoms with E-state index in [1.807, 2.05) is 18.2 Å². The Balaban J connectivity index is 1.41. The van der Waals surface area contributed by atoms with Crippen LogP contribution in [-0.4, -0.2) is 43.7 Å². The van der Waals surface area contributed by atoms with Gasteiger partial charge in [-0.05, 0) is 46.3 Å². The number of aromatic nitrogens is 3. The third-order valence-electron chi connectivity index (χ3n) is 3.64. The number of pyridine rings is 1. The molecular weight excluding hydrogens is 380 g/mol. The first-order valence-electron chi connectivity index (χ1n) is 6.99. The molecule has 0 spiro atoms. The van der Waals surface area contributed by atoms with Gasteiger partial charge in [0.15, 0.2) is 0 Å². The van der Waals surface area contributed by atoms with Crippen LogP contribution in [0, 0.1) is 0 Å². The average molecular weight is 391 g/mol. The normalized spacial score (nSPS) is 14.7. The summed E-state index contributed by atoms with van der Waals surface area (Å²) in [5.74, 6) is 0.541. The first kappa shape index (κ1) is 14.5. The van der Waals surface area contributed by atoms with E-state index in [-0.39, 0.29) is 12.0 Å². The van der Waals surface area contributed by atoms with Crippen molar-refractivity contribution in [2.75, 3.05) is 13.1 Å². The Bertz CT molecular complexity index is 879. The fourth-order valence-corrected chi connectivity index (χ4v) is 3.26. The van der Waals surface area contributed by atoms with Gasteiger partial charge in [0.1, 0.15) is 17.1 Å². The lowest BCUT2D eigenvalue weighted by Crippen LogP contribution is -2.56. The highest BCUT2D eigenvalue weighted by Crippen LogP contribution is 2.25. The molecule has 0 atom stereocenters. The lowest BCUT2D eigenvalue weighted by atomic mass is 10.1. The van der Waals surface area contributed by atoms with Crippen LogP contribution in [0.15, 0.2) is 41.0 Å². The van der Waals surface area contributed by atoms with Crippen molar-refractivity contribution in [3.63, 3.8) is 0 Å². The van der Waals surface area contributed by atoms with E-state index in [0.29, 0.717) is 24.5 Å². The zero-order valence-electron chi connectivity index (χ0n) is 11.8. The van der Waals surface area contributed by atoms with E-state index in [2.05, 4.69) is 29.7 Å². The molecule has 8 heteroatoms. The van der Waals surface area contributed by atoms with Crippen molar-refractivity contribution >= 4 is 44.6 Å². The maximum atomic E-state index is 12.5. The maximum absolute atomic E-state index is 12.5. The van der Waals surface area contributed by atoms with E-state index in [4.69, 9.17) is 4.74 Å². The number of halogens is 1. The summed E-state index contributed by atoms with van der Waals surface area (Å²) < 4.78 is 14.9. The van der Waals surface area contributed by atoms with Crippen LogP contribution >= 0.6 is 27.7 Å². The van der Waals surface area contributed by atoms with Crippen molar-refractivity contribution in [3.05, 3.63) is 46.6 Å². The molecule has 2 aromatic heterocycles. The molecule has 1 aliphatic rings. The first-order chi connectivity index (χ1) is 11.2. The first-order valence-corrected chi connectivity index (χ1v) is 8.52. The molecule has 116 valence electrons. The van der Waals surface area contributed by atoms with Crippen molar-refractivity contribution < 1.29 is 9.53 Å². The molecule has 1 aromatic carbocycles. The molecule has 3 aromatic rings. The molecule has 0 N–H and O–H groups in total. The predicted octanol–water partition coefficient (Wildman–Crippen LogP) is 2.75. The van der Waals surface area contributed by atoms with Crippen molar-refractivity contribution in [2.24, 2.45) is 0 Å². The van der Waals surface area contributed by atoms with E-state index in [1.54, 1.807) is 23.2 Å². The Labute approximate surface area is 144 Å². The molecule has 6 nitrogen and oxygen atoms in total. The van der Waals surface area contributed by atoms with E-state index < -0.39 is 0 Å². The number of benzene rings is 1. The molecule has 1 saturated heterocycles. The van der Waals surface area contributed by atoms with Gasteiger partial charge >= 0.3 is 0 Å². The van der Waals surface area contributed by atoms with Gasteiger partial charge in [-0.3, -0.25) is 4.79 Å². The van der Waals surface area contributed by atoms with Gasteiger partial charge in [-0.2, -0.15) is 8.75 Å². The Kier molecular flexibility index (Phi) is 3.70. The molecule has 1 amide bonds. The van der Waals surface area contributed by atoms with Crippen LogP contribution in [-0.2, 0) is 0 Å². The van der Waals surface area contributed by atoms with E-state index in [9.17, 15) is 4.79 Å². The summed E-state index contributed by atoms with van der Waals surface area (Å²) in [4.78, 5) is 18.4. The molecule has 0 radical (unpaired) electrons. The molecule has 1 fully saturated rings. The highest BCUT2D eigenvalue weighted by Gasteiger charge is 2.33. The number of fused-ring (bicyclic) bond motifs is 1. The molecule has 3 heterocycles. The number of carbonyl (C=O) groups excluding carboxylic acids is 1. The molecule has 0 saturated carbocycles. The maximum Gasteiger partial charge on any atom is 0.254 e. The van der Waals surface area contributed by atoms with Crippen molar-refractivity contribution in [1.82, 2.24) is 18.6 Å². The smallest absolute Gasteiger partial charge is 0.254 e. The Morgan fingerprint density at radius 3 is 2.91 bits per heavy atom. The van der Waals surface area contributed by atoms with Crippen LogP contribution in [0.3, 0.4) is 0 Å². The topological polar surface area (TPSA) is 68.2 Å². The minimum Gasteiger partial charge on any atom is -0.470 e. The fraction of sp³-hybridized carbons (Fsp3) is 0.200. The van der Waals surface area contributed by atoms with Gasteiger partial charge in [-0.25, -0.2) is 4.98 Å². The average Bonchev–Trinajstić information content (AvgIpc) is 2.99. The zero-order valence-corrected chi connectivity index (χ0v) is 14.2. The van der Waals surface area contributed by atoms with Gasteiger partial charge in [0.05, 0.1) is 29.3 Å². The SMILES string of the molecule is O=C(c1ccc2nsnc2c1)N1CC(Oc2ncccc2Br)C1. The van der Waals surface area contributed by atoms with Crippen LogP contribution in [0.2, 0.25) is 0 Å². The Morgan fingerprint density at radius 2 is 2.09 bits per heavy atom. The van der Waals surface area contributed by atoms with Crippen molar-refractivity contribution in [3.8, 4) is 5.88 Å². The standard InChI is InChI=1S/C15H11BrN4O2S/c16-11-2-1-5-17-14(11)22-10-7-20(8-10)15(21)9-3-4-12-13(6-9)19-23-18-12/h1-6,10H,7-8H2. The minimum absolute atomic E-state index is 0.0140. The number of nitrogens with zero attached hydrogens (tertiary/aromatic N) is 4. The van der Waals surface area contributed by atoms with Gasteiger partial charge in [0, 0.05) is 11.8 Å². The molecule has 4 rings (SSSR count). The number of amides is 1. The quantitative estimate of drug-likeness (QED) is 0.687. The van der Waals surface area contributed by atoms with Crippen LogP contribution in [0.5, 0.6) is 5.88 Å². The number of likely N-dealkylation sites (tertiary alicyclic amines) is 1. The van der Waals surface area contributed by atoms with Gasteiger partial charge < -0.3 is 9.64 Å². The third kappa shape index (κ3) is 2.79.